The molecule has 130 valence electrons. The maximum absolute atomic E-state index is 12.8. The summed E-state index contributed by atoms with van der Waals surface area (Å²) in [7, 11) is 0. The van der Waals surface area contributed by atoms with Gasteiger partial charge in [0.1, 0.15) is 0 Å². The molecule has 5 rings (SSSR count). The molecule has 1 aromatic carbocycles. The first-order valence-electron chi connectivity index (χ1n) is 9.53. The van der Waals surface area contributed by atoms with Gasteiger partial charge in [-0.1, -0.05) is 36.8 Å². The first-order valence-corrected chi connectivity index (χ1v) is 9.53. The van der Waals surface area contributed by atoms with Crippen molar-refractivity contribution >= 4 is 5.91 Å². The van der Waals surface area contributed by atoms with Crippen LogP contribution in [0.4, 0.5) is 0 Å². The summed E-state index contributed by atoms with van der Waals surface area (Å²) < 4.78 is 2.16. The van der Waals surface area contributed by atoms with E-state index in [1.54, 1.807) is 0 Å². The van der Waals surface area contributed by atoms with Crippen molar-refractivity contribution < 1.29 is 4.79 Å². The Labute approximate surface area is 148 Å². The van der Waals surface area contributed by atoms with Gasteiger partial charge in [0.15, 0.2) is 11.6 Å². The van der Waals surface area contributed by atoms with Crippen LogP contribution in [0.5, 0.6) is 0 Å². The van der Waals surface area contributed by atoms with Crippen LogP contribution in [-0.2, 0) is 17.9 Å². The van der Waals surface area contributed by atoms with Crippen LogP contribution in [0, 0.1) is 17.8 Å². The molecular formula is C20H24N4O. The Bertz CT molecular complexity index is 784. The van der Waals surface area contributed by atoms with E-state index in [4.69, 9.17) is 0 Å². The summed E-state index contributed by atoms with van der Waals surface area (Å²) in [5, 5.41) is 8.73. The fraction of sp³-hybridized carbons (Fsp3) is 0.550. The topological polar surface area (TPSA) is 51.0 Å². The number of hydrogen-bond acceptors (Lipinski definition) is 3. The quantitative estimate of drug-likeness (QED) is 0.865. The van der Waals surface area contributed by atoms with Gasteiger partial charge in [0.25, 0.3) is 0 Å². The van der Waals surface area contributed by atoms with E-state index in [0.29, 0.717) is 18.4 Å². The molecule has 3 atom stereocenters. The fourth-order valence-electron chi connectivity index (χ4n) is 5.15. The summed E-state index contributed by atoms with van der Waals surface area (Å²) in [5.74, 6) is 4.48. The molecule has 0 saturated heterocycles. The maximum Gasteiger partial charge on any atom is 0.223 e. The molecule has 1 aromatic heterocycles. The molecule has 1 aliphatic heterocycles. The van der Waals surface area contributed by atoms with E-state index in [2.05, 4.69) is 26.9 Å². The first kappa shape index (κ1) is 15.1. The molecular weight excluding hydrogens is 312 g/mol. The molecule has 2 aromatic rings. The monoisotopic (exact) mass is 336 g/mol. The zero-order valence-corrected chi connectivity index (χ0v) is 14.5. The van der Waals surface area contributed by atoms with E-state index < -0.39 is 0 Å². The molecule has 2 saturated carbocycles. The summed E-state index contributed by atoms with van der Waals surface area (Å²) >= 11 is 0. The highest BCUT2D eigenvalue weighted by molar-refractivity contribution is 5.76. The highest BCUT2D eigenvalue weighted by atomic mass is 16.2. The number of benzene rings is 1. The third kappa shape index (κ3) is 2.66. The Kier molecular flexibility index (Phi) is 3.61. The number of aromatic nitrogens is 3. The number of hydrogen-bond donors (Lipinski definition) is 0. The fourth-order valence-corrected chi connectivity index (χ4v) is 5.15. The number of amides is 1. The molecule has 0 N–H and O–H groups in total. The molecule has 3 aliphatic rings. The van der Waals surface area contributed by atoms with Gasteiger partial charge in [-0.25, -0.2) is 0 Å². The third-order valence-corrected chi connectivity index (χ3v) is 6.46. The van der Waals surface area contributed by atoms with E-state index >= 15 is 0 Å². The SMILES string of the molecule is O=C(C[C@H]1C[C@H]2CC[C@@H]1C2)N1CCn2c(nnc2-c2ccccc2)C1. The summed E-state index contributed by atoms with van der Waals surface area (Å²) in [6, 6.07) is 10.2. The standard InChI is InChI=1S/C20H24N4O/c25-19(12-17-11-14-6-7-16(17)10-14)23-8-9-24-18(13-23)21-22-20(24)15-4-2-1-3-5-15/h1-5,14,16-17H,6-13H2/t14-,16+,17+/m0/s1. The second-order valence-corrected chi connectivity index (χ2v) is 7.91. The molecule has 0 radical (unpaired) electrons. The van der Waals surface area contributed by atoms with Gasteiger partial charge in [-0.3, -0.25) is 4.79 Å². The van der Waals surface area contributed by atoms with Crippen molar-refractivity contribution in [3.63, 3.8) is 0 Å². The van der Waals surface area contributed by atoms with Gasteiger partial charge in [0.2, 0.25) is 5.91 Å². The number of carbonyl (C=O) groups is 1. The summed E-state index contributed by atoms with van der Waals surface area (Å²) in [5.41, 5.74) is 1.09. The minimum absolute atomic E-state index is 0.313. The molecule has 0 unspecified atom stereocenters. The van der Waals surface area contributed by atoms with Gasteiger partial charge in [-0.2, -0.15) is 0 Å². The Morgan fingerprint density at radius 3 is 2.72 bits per heavy atom. The van der Waals surface area contributed by atoms with Crippen LogP contribution in [0.1, 0.15) is 37.9 Å². The second kappa shape index (κ2) is 5.97. The van der Waals surface area contributed by atoms with Crippen LogP contribution >= 0.6 is 0 Å². The molecule has 1 amide bonds. The van der Waals surface area contributed by atoms with Crippen LogP contribution in [0.3, 0.4) is 0 Å². The Morgan fingerprint density at radius 1 is 1.08 bits per heavy atom. The van der Waals surface area contributed by atoms with Gasteiger partial charge < -0.3 is 9.47 Å². The maximum atomic E-state index is 12.8. The molecule has 2 aliphatic carbocycles. The Balaban J connectivity index is 1.28. The predicted molar refractivity (Wildman–Crippen MR) is 94.4 cm³/mol. The van der Waals surface area contributed by atoms with Gasteiger partial charge in [-0.15, -0.1) is 10.2 Å². The van der Waals surface area contributed by atoms with Crippen molar-refractivity contribution in [2.45, 2.75) is 45.2 Å². The third-order valence-electron chi connectivity index (χ3n) is 6.46. The number of fused-ring (bicyclic) bond motifs is 3. The molecule has 2 fully saturated rings. The number of carbonyl (C=O) groups excluding carboxylic acids is 1. The van der Waals surface area contributed by atoms with E-state index in [-0.39, 0.29) is 0 Å². The summed E-state index contributed by atoms with van der Waals surface area (Å²) in [6.45, 7) is 2.15. The average molecular weight is 336 g/mol. The van der Waals surface area contributed by atoms with Gasteiger partial charge >= 0.3 is 0 Å². The van der Waals surface area contributed by atoms with E-state index in [9.17, 15) is 4.79 Å². The molecule has 5 nitrogen and oxygen atoms in total. The van der Waals surface area contributed by atoms with Crippen molar-refractivity contribution in [3.05, 3.63) is 36.2 Å². The summed E-state index contributed by atoms with van der Waals surface area (Å²) in [6.07, 6.45) is 6.12. The van der Waals surface area contributed by atoms with Gasteiger partial charge in [0, 0.05) is 25.1 Å². The lowest BCUT2D eigenvalue weighted by molar-refractivity contribution is -0.134. The lowest BCUT2D eigenvalue weighted by Crippen LogP contribution is -2.39. The highest BCUT2D eigenvalue weighted by Gasteiger charge is 2.41. The molecule has 2 bridgehead atoms. The van der Waals surface area contributed by atoms with E-state index in [1.807, 2.05) is 23.1 Å². The van der Waals surface area contributed by atoms with Crippen LogP contribution in [0.15, 0.2) is 30.3 Å². The van der Waals surface area contributed by atoms with E-state index in [0.717, 1.165) is 48.6 Å². The lowest BCUT2D eigenvalue weighted by Gasteiger charge is -2.30. The largest absolute Gasteiger partial charge is 0.333 e. The van der Waals surface area contributed by atoms with Crippen LogP contribution in [-0.4, -0.2) is 32.1 Å². The average Bonchev–Trinajstić information content (AvgIpc) is 3.37. The van der Waals surface area contributed by atoms with Crippen molar-refractivity contribution in [1.82, 2.24) is 19.7 Å². The number of rotatable bonds is 3. The molecule has 25 heavy (non-hydrogen) atoms. The zero-order chi connectivity index (χ0) is 16.8. The molecule has 2 heterocycles. The van der Waals surface area contributed by atoms with Crippen molar-refractivity contribution in [3.8, 4) is 11.4 Å². The normalized spacial score (nSPS) is 27.5. The van der Waals surface area contributed by atoms with Crippen LogP contribution in [0.25, 0.3) is 11.4 Å². The first-order chi connectivity index (χ1) is 12.3. The van der Waals surface area contributed by atoms with Crippen molar-refractivity contribution in [1.29, 1.82) is 0 Å². The highest BCUT2D eigenvalue weighted by Crippen LogP contribution is 2.49. The van der Waals surface area contributed by atoms with Crippen molar-refractivity contribution in [2.24, 2.45) is 17.8 Å². The molecule has 5 heteroatoms. The minimum atomic E-state index is 0.313. The summed E-state index contributed by atoms with van der Waals surface area (Å²) in [4.78, 5) is 14.8. The van der Waals surface area contributed by atoms with Crippen molar-refractivity contribution in [2.75, 3.05) is 6.54 Å². The van der Waals surface area contributed by atoms with Gasteiger partial charge in [-0.05, 0) is 37.0 Å². The lowest BCUT2D eigenvalue weighted by atomic mass is 9.86. The van der Waals surface area contributed by atoms with Crippen LogP contribution < -0.4 is 0 Å². The number of nitrogens with zero attached hydrogens (tertiary/aromatic N) is 4. The molecule has 0 spiro atoms. The van der Waals surface area contributed by atoms with Gasteiger partial charge in [0.05, 0.1) is 6.54 Å². The van der Waals surface area contributed by atoms with E-state index in [1.165, 1.54) is 25.7 Å². The Morgan fingerprint density at radius 2 is 1.96 bits per heavy atom. The smallest absolute Gasteiger partial charge is 0.223 e. The Hall–Kier alpha value is -2.17. The second-order valence-electron chi connectivity index (χ2n) is 7.91. The van der Waals surface area contributed by atoms with Crippen LogP contribution in [0.2, 0.25) is 0 Å². The predicted octanol–water partition coefficient (Wildman–Crippen LogP) is 3.11. The minimum Gasteiger partial charge on any atom is -0.333 e. The zero-order valence-electron chi connectivity index (χ0n) is 14.5.